The fourth-order valence-electron chi connectivity index (χ4n) is 2.50. The van der Waals surface area contributed by atoms with Gasteiger partial charge in [-0.15, -0.1) is 0 Å². The summed E-state index contributed by atoms with van der Waals surface area (Å²) in [5, 5.41) is 14.0. The summed E-state index contributed by atoms with van der Waals surface area (Å²) < 4.78 is 13.5. The van der Waals surface area contributed by atoms with Crippen LogP contribution in [0, 0.1) is 5.82 Å². The van der Waals surface area contributed by atoms with E-state index >= 15 is 0 Å². The van der Waals surface area contributed by atoms with Crippen molar-refractivity contribution in [2.45, 2.75) is 44.2 Å². The highest BCUT2D eigenvalue weighted by atomic mass is 35.5. The number of aliphatic hydroxyl groups is 1. The Balaban J connectivity index is 1.86. The molecule has 100 valence electrons. The molecule has 2 N–H and O–H groups in total. The van der Waals surface area contributed by atoms with Crippen LogP contribution in [0.3, 0.4) is 0 Å². The SMILES string of the molecule is OC1(CNCc2cc(Cl)ccc2F)CCCCC1. The number of nitrogens with one attached hydrogen (secondary N) is 1. The zero-order valence-electron chi connectivity index (χ0n) is 10.4. The van der Waals surface area contributed by atoms with Crippen molar-refractivity contribution >= 4 is 11.6 Å². The Kier molecular flexibility index (Phi) is 4.60. The van der Waals surface area contributed by atoms with Crippen LogP contribution >= 0.6 is 11.6 Å². The summed E-state index contributed by atoms with van der Waals surface area (Å²) in [6.45, 7) is 0.910. The third kappa shape index (κ3) is 3.67. The molecule has 1 aromatic rings. The molecular weight excluding hydrogens is 253 g/mol. The van der Waals surface area contributed by atoms with Gasteiger partial charge in [-0.2, -0.15) is 0 Å². The Morgan fingerprint density at radius 1 is 1.28 bits per heavy atom. The second kappa shape index (κ2) is 6.00. The van der Waals surface area contributed by atoms with Gasteiger partial charge in [-0.05, 0) is 31.0 Å². The molecule has 4 heteroatoms. The van der Waals surface area contributed by atoms with E-state index in [0.717, 1.165) is 25.7 Å². The quantitative estimate of drug-likeness (QED) is 0.881. The fourth-order valence-corrected chi connectivity index (χ4v) is 2.69. The number of rotatable bonds is 4. The Morgan fingerprint density at radius 2 is 2.00 bits per heavy atom. The summed E-state index contributed by atoms with van der Waals surface area (Å²) in [5.74, 6) is -0.262. The predicted octanol–water partition coefficient (Wildman–Crippen LogP) is 3.26. The van der Waals surface area contributed by atoms with Gasteiger partial charge in [-0.25, -0.2) is 4.39 Å². The lowest BCUT2D eigenvalue weighted by Crippen LogP contribution is -2.42. The maximum Gasteiger partial charge on any atom is 0.127 e. The minimum atomic E-state index is -0.618. The zero-order valence-corrected chi connectivity index (χ0v) is 11.1. The number of hydrogen-bond donors (Lipinski definition) is 2. The highest BCUT2D eigenvalue weighted by molar-refractivity contribution is 6.30. The zero-order chi connectivity index (χ0) is 13.0. The van der Waals surface area contributed by atoms with E-state index in [1.807, 2.05) is 0 Å². The van der Waals surface area contributed by atoms with Gasteiger partial charge in [-0.1, -0.05) is 30.9 Å². The molecule has 0 unspecified atom stereocenters. The standard InChI is InChI=1S/C14H19ClFNO/c15-12-4-5-13(16)11(8-12)9-17-10-14(18)6-2-1-3-7-14/h4-5,8,17-18H,1-3,6-7,9-10H2. The molecule has 0 radical (unpaired) electrons. The summed E-state index contributed by atoms with van der Waals surface area (Å²) >= 11 is 5.83. The van der Waals surface area contributed by atoms with Gasteiger partial charge < -0.3 is 10.4 Å². The first kappa shape index (κ1) is 13.8. The summed E-state index contributed by atoms with van der Waals surface area (Å²) in [5.41, 5.74) is -0.0743. The fraction of sp³-hybridized carbons (Fsp3) is 0.571. The van der Waals surface area contributed by atoms with E-state index in [-0.39, 0.29) is 5.82 Å². The molecule has 0 atom stereocenters. The number of halogens is 2. The molecule has 0 spiro atoms. The van der Waals surface area contributed by atoms with Crippen LogP contribution in [-0.2, 0) is 6.54 Å². The van der Waals surface area contributed by atoms with E-state index in [4.69, 9.17) is 11.6 Å². The Labute approximate surface area is 112 Å². The first-order valence-electron chi connectivity index (χ1n) is 6.46. The molecule has 0 heterocycles. The van der Waals surface area contributed by atoms with Crippen LogP contribution < -0.4 is 5.32 Å². The van der Waals surface area contributed by atoms with Gasteiger partial charge in [0.15, 0.2) is 0 Å². The van der Waals surface area contributed by atoms with Crippen LogP contribution in [0.25, 0.3) is 0 Å². The minimum Gasteiger partial charge on any atom is -0.389 e. The largest absolute Gasteiger partial charge is 0.389 e. The van der Waals surface area contributed by atoms with Gasteiger partial charge in [0.2, 0.25) is 0 Å². The summed E-state index contributed by atoms with van der Waals surface area (Å²) in [4.78, 5) is 0. The molecule has 18 heavy (non-hydrogen) atoms. The monoisotopic (exact) mass is 271 g/mol. The van der Waals surface area contributed by atoms with Crippen molar-refractivity contribution < 1.29 is 9.50 Å². The molecular formula is C14H19ClFNO. The lowest BCUT2D eigenvalue weighted by Gasteiger charge is -2.32. The molecule has 0 aromatic heterocycles. The van der Waals surface area contributed by atoms with Gasteiger partial charge in [0, 0.05) is 23.7 Å². The maximum absolute atomic E-state index is 13.5. The summed E-state index contributed by atoms with van der Waals surface area (Å²) in [6, 6.07) is 4.53. The highest BCUT2D eigenvalue weighted by Gasteiger charge is 2.28. The number of benzene rings is 1. The minimum absolute atomic E-state index is 0.262. The normalized spacial score (nSPS) is 18.8. The van der Waals surface area contributed by atoms with E-state index in [2.05, 4.69) is 5.32 Å². The second-order valence-electron chi connectivity index (χ2n) is 5.12. The van der Waals surface area contributed by atoms with Gasteiger partial charge in [0.1, 0.15) is 5.82 Å². The van der Waals surface area contributed by atoms with Crippen LogP contribution in [0.15, 0.2) is 18.2 Å². The van der Waals surface area contributed by atoms with E-state index in [1.165, 1.54) is 18.6 Å². The van der Waals surface area contributed by atoms with Crippen LogP contribution in [0.1, 0.15) is 37.7 Å². The smallest absolute Gasteiger partial charge is 0.127 e. The third-order valence-corrected chi connectivity index (χ3v) is 3.80. The Bertz CT molecular complexity index is 405. The number of hydrogen-bond acceptors (Lipinski definition) is 2. The summed E-state index contributed by atoms with van der Waals surface area (Å²) in [6.07, 6.45) is 5.01. The van der Waals surface area contributed by atoms with Crippen molar-refractivity contribution in [3.63, 3.8) is 0 Å². The van der Waals surface area contributed by atoms with E-state index in [9.17, 15) is 9.50 Å². The van der Waals surface area contributed by atoms with Crippen molar-refractivity contribution in [1.82, 2.24) is 5.32 Å². The highest BCUT2D eigenvalue weighted by Crippen LogP contribution is 2.27. The topological polar surface area (TPSA) is 32.3 Å². The Morgan fingerprint density at radius 3 is 2.72 bits per heavy atom. The molecule has 0 amide bonds. The van der Waals surface area contributed by atoms with E-state index < -0.39 is 5.60 Å². The second-order valence-corrected chi connectivity index (χ2v) is 5.56. The molecule has 1 aromatic carbocycles. The molecule has 1 aliphatic carbocycles. The van der Waals surface area contributed by atoms with Crippen molar-refractivity contribution in [2.75, 3.05) is 6.54 Å². The molecule has 0 bridgehead atoms. The molecule has 2 nitrogen and oxygen atoms in total. The van der Waals surface area contributed by atoms with E-state index in [1.54, 1.807) is 6.07 Å². The van der Waals surface area contributed by atoms with Crippen molar-refractivity contribution in [2.24, 2.45) is 0 Å². The van der Waals surface area contributed by atoms with Gasteiger partial charge in [-0.3, -0.25) is 0 Å². The van der Waals surface area contributed by atoms with Crippen molar-refractivity contribution in [1.29, 1.82) is 0 Å². The Hall–Kier alpha value is -0.640. The molecule has 1 aliphatic rings. The van der Waals surface area contributed by atoms with Gasteiger partial charge in [0.25, 0.3) is 0 Å². The molecule has 1 saturated carbocycles. The third-order valence-electron chi connectivity index (χ3n) is 3.56. The molecule has 0 saturated heterocycles. The van der Waals surface area contributed by atoms with Crippen LogP contribution in [0.2, 0.25) is 5.02 Å². The average molecular weight is 272 g/mol. The van der Waals surface area contributed by atoms with Gasteiger partial charge >= 0.3 is 0 Å². The lowest BCUT2D eigenvalue weighted by atomic mass is 9.85. The first-order valence-corrected chi connectivity index (χ1v) is 6.84. The summed E-state index contributed by atoms with van der Waals surface area (Å²) in [7, 11) is 0. The van der Waals surface area contributed by atoms with Crippen LogP contribution in [-0.4, -0.2) is 17.3 Å². The van der Waals surface area contributed by atoms with E-state index in [0.29, 0.717) is 23.7 Å². The van der Waals surface area contributed by atoms with Crippen molar-refractivity contribution in [3.05, 3.63) is 34.6 Å². The molecule has 0 aliphatic heterocycles. The van der Waals surface area contributed by atoms with Crippen molar-refractivity contribution in [3.8, 4) is 0 Å². The average Bonchev–Trinajstić information content (AvgIpc) is 2.34. The predicted molar refractivity (Wildman–Crippen MR) is 71.2 cm³/mol. The molecule has 2 rings (SSSR count). The lowest BCUT2D eigenvalue weighted by molar-refractivity contribution is 0.00462. The first-order chi connectivity index (χ1) is 8.59. The maximum atomic E-state index is 13.5. The molecule has 1 fully saturated rings. The van der Waals surface area contributed by atoms with Crippen LogP contribution in [0.4, 0.5) is 4.39 Å². The van der Waals surface area contributed by atoms with Crippen LogP contribution in [0.5, 0.6) is 0 Å². The van der Waals surface area contributed by atoms with Gasteiger partial charge in [0.05, 0.1) is 5.60 Å².